The number of hydrogen-bond donors (Lipinski definition) is 2. The highest BCUT2D eigenvalue weighted by Crippen LogP contribution is 2.29. The van der Waals surface area contributed by atoms with Gasteiger partial charge >= 0.3 is 12.1 Å². The van der Waals surface area contributed by atoms with E-state index < -0.39 is 12.1 Å². The van der Waals surface area contributed by atoms with E-state index in [2.05, 4.69) is 20.4 Å². The Kier molecular flexibility index (Phi) is 6.30. The van der Waals surface area contributed by atoms with E-state index in [0.717, 1.165) is 11.1 Å². The Labute approximate surface area is 210 Å². The molecule has 0 aliphatic carbocycles. The lowest BCUT2D eigenvalue weighted by Gasteiger charge is -2.35. The van der Waals surface area contributed by atoms with Gasteiger partial charge in [0.1, 0.15) is 11.3 Å². The molecule has 3 aromatic heterocycles. The summed E-state index contributed by atoms with van der Waals surface area (Å²) in [7, 11) is 1.34. The van der Waals surface area contributed by atoms with E-state index in [0.29, 0.717) is 53.8 Å². The molecular formula is C25H24N6O6. The number of imidazole rings is 1. The summed E-state index contributed by atoms with van der Waals surface area (Å²) in [6.07, 6.45) is 3.16. The number of fused-ring (bicyclic) bond motifs is 1. The third-order valence-corrected chi connectivity index (χ3v) is 6.28. The maximum absolute atomic E-state index is 13.2. The van der Waals surface area contributed by atoms with Crippen LogP contribution in [0.1, 0.15) is 39.8 Å². The Morgan fingerprint density at radius 1 is 1.22 bits per heavy atom. The minimum absolute atomic E-state index is 0.00417. The van der Waals surface area contributed by atoms with Crippen LogP contribution >= 0.6 is 0 Å². The SMILES string of the molecule is COC(=O)N1CC(c2nc(-c3ccc(C)c(NC(=O)c4cnc5ccc(CCC(=O)O)cn45)c3)no2)C1. The number of benzene rings is 1. The number of rotatable bonds is 7. The standard InChI is InChI=1S/C25H24N6O6/c1-14-3-6-16(22-28-24(37-29-22)17-12-30(13-17)25(35)36-2)9-18(14)27-23(34)19-10-26-20-7-4-15(11-31(19)20)5-8-21(32)33/h3-4,6-7,9-11,17H,5,8,12-13H2,1-2H3,(H,27,34)(H,32,33). The highest BCUT2D eigenvalue weighted by molar-refractivity contribution is 6.04. The van der Waals surface area contributed by atoms with Gasteiger partial charge in [-0.25, -0.2) is 9.78 Å². The molecule has 12 nitrogen and oxygen atoms in total. The van der Waals surface area contributed by atoms with E-state index in [9.17, 15) is 14.4 Å². The number of pyridine rings is 1. The van der Waals surface area contributed by atoms with Crippen molar-refractivity contribution in [3.05, 3.63) is 65.4 Å². The van der Waals surface area contributed by atoms with Crippen molar-refractivity contribution in [1.29, 1.82) is 0 Å². The Morgan fingerprint density at radius 2 is 2.03 bits per heavy atom. The maximum Gasteiger partial charge on any atom is 0.409 e. The van der Waals surface area contributed by atoms with Gasteiger partial charge in [0.05, 0.1) is 19.2 Å². The zero-order valence-electron chi connectivity index (χ0n) is 20.2. The van der Waals surface area contributed by atoms with Gasteiger partial charge in [0, 0.05) is 37.0 Å². The molecule has 0 bridgehead atoms. The molecule has 1 aliphatic rings. The van der Waals surface area contributed by atoms with Crippen LogP contribution in [0.5, 0.6) is 0 Å². The van der Waals surface area contributed by atoms with E-state index in [1.807, 2.05) is 19.1 Å². The van der Waals surface area contributed by atoms with Crippen molar-refractivity contribution in [2.45, 2.75) is 25.7 Å². The Morgan fingerprint density at radius 3 is 2.78 bits per heavy atom. The zero-order valence-corrected chi connectivity index (χ0v) is 20.2. The summed E-state index contributed by atoms with van der Waals surface area (Å²) >= 11 is 0. The van der Waals surface area contributed by atoms with Gasteiger partial charge in [0.25, 0.3) is 5.91 Å². The van der Waals surface area contributed by atoms with Crippen LogP contribution < -0.4 is 5.32 Å². The number of aliphatic carboxylic acids is 1. The molecule has 2 N–H and O–H groups in total. The van der Waals surface area contributed by atoms with E-state index in [1.54, 1.807) is 33.7 Å². The topological polar surface area (TPSA) is 152 Å². The van der Waals surface area contributed by atoms with Crippen LogP contribution in [-0.4, -0.2) is 67.7 Å². The van der Waals surface area contributed by atoms with Crippen LogP contribution in [0.4, 0.5) is 10.5 Å². The number of anilines is 1. The molecule has 1 aliphatic heterocycles. The number of methoxy groups -OCH3 is 1. The number of aryl methyl sites for hydroxylation is 2. The van der Waals surface area contributed by atoms with Crippen molar-refractivity contribution in [3.63, 3.8) is 0 Å². The minimum atomic E-state index is -0.886. The second-order valence-electron chi connectivity index (χ2n) is 8.81. The third kappa shape index (κ3) is 4.85. The number of carboxylic acids is 1. The van der Waals surface area contributed by atoms with Crippen molar-refractivity contribution in [3.8, 4) is 11.4 Å². The fourth-order valence-electron chi connectivity index (χ4n) is 4.11. The molecule has 5 rings (SSSR count). The van der Waals surface area contributed by atoms with Gasteiger partial charge in [-0.15, -0.1) is 0 Å². The van der Waals surface area contributed by atoms with E-state index in [1.165, 1.54) is 13.3 Å². The molecule has 2 amide bonds. The summed E-state index contributed by atoms with van der Waals surface area (Å²) in [5.74, 6) is -0.496. The number of hydrogen-bond acceptors (Lipinski definition) is 8. The second kappa shape index (κ2) is 9.72. The van der Waals surface area contributed by atoms with Gasteiger partial charge in [-0.1, -0.05) is 23.4 Å². The molecule has 0 radical (unpaired) electrons. The number of carboxylic acid groups (broad SMARTS) is 1. The number of carbonyl (C=O) groups excluding carboxylic acids is 2. The van der Waals surface area contributed by atoms with E-state index in [4.69, 9.17) is 14.4 Å². The number of aromatic nitrogens is 4. The predicted octanol–water partition coefficient (Wildman–Crippen LogP) is 3.13. The molecule has 0 saturated carbocycles. The summed E-state index contributed by atoms with van der Waals surface area (Å²) in [6.45, 7) is 2.76. The van der Waals surface area contributed by atoms with Crippen LogP contribution in [0.15, 0.2) is 47.2 Å². The van der Waals surface area contributed by atoms with Gasteiger partial charge in [-0.05, 0) is 36.6 Å². The molecule has 0 unspecified atom stereocenters. The number of amides is 2. The molecule has 0 atom stereocenters. The van der Waals surface area contributed by atoms with Gasteiger partial charge < -0.3 is 24.6 Å². The molecule has 37 heavy (non-hydrogen) atoms. The van der Waals surface area contributed by atoms with Crippen LogP contribution in [0.25, 0.3) is 17.0 Å². The summed E-state index contributed by atoms with van der Waals surface area (Å²) in [5.41, 5.74) is 3.76. The average Bonchev–Trinajstić information content (AvgIpc) is 3.50. The van der Waals surface area contributed by atoms with Crippen molar-refractivity contribution < 1.29 is 28.8 Å². The largest absolute Gasteiger partial charge is 0.481 e. The monoisotopic (exact) mass is 504 g/mol. The summed E-state index contributed by atoms with van der Waals surface area (Å²) in [4.78, 5) is 45.9. The predicted molar refractivity (Wildman–Crippen MR) is 130 cm³/mol. The number of ether oxygens (including phenoxy) is 1. The molecule has 1 fully saturated rings. The summed E-state index contributed by atoms with van der Waals surface area (Å²) < 4.78 is 11.8. The lowest BCUT2D eigenvalue weighted by atomic mass is 10.0. The fourth-order valence-corrected chi connectivity index (χ4v) is 4.11. The molecule has 1 aromatic carbocycles. The van der Waals surface area contributed by atoms with Crippen molar-refractivity contribution in [1.82, 2.24) is 24.4 Å². The van der Waals surface area contributed by atoms with Gasteiger partial charge in [0.2, 0.25) is 11.7 Å². The number of carbonyl (C=O) groups is 3. The summed E-state index contributed by atoms with van der Waals surface area (Å²) in [5, 5.41) is 15.9. The fraction of sp³-hybridized carbons (Fsp3) is 0.280. The van der Waals surface area contributed by atoms with E-state index >= 15 is 0 Å². The average molecular weight is 505 g/mol. The van der Waals surface area contributed by atoms with Crippen LogP contribution in [0.3, 0.4) is 0 Å². The third-order valence-electron chi connectivity index (χ3n) is 6.28. The summed E-state index contributed by atoms with van der Waals surface area (Å²) in [6, 6.07) is 9.01. The smallest absolute Gasteiger partial charge is 0.409 e. The van der Waals surface area contributed by atoms with Crippen LogP contribution in [0, 0.1) is 6.92 Å². The molecule has 0 spiro atoms. The number of nitrogens with zero attached hydrogens (tertiary/aromatic N) is 5. The molecule has 4 heterocycles. The van der Waals surface area contributed by atoms with Crippen LogP contribution in [-0.2, 0) is 16.0 Å². The maximum atomic E-state index is 13.2. The van der Waals surface area contributed by atoms with E-state index in [-0.39, 0.29) is 18.2 Å². The van der Waals surface area contributed by atoms with Crippen molar-refractivity contribution in [2.75, 3.05) is 25.5 Å². The molecule has 4 aromatic rings. The first-order valence-electron chi connectivity index (χ1n) is 11.6. The Balaban J connectivity index is 1.32. The number of likely N-dealkylation sites (tertiary alicyclic amines) is 1. The minimum Gasteiger partial charge on any atom is -0.481 e. The van der Waals surface area contributed by atoms with Crippen LogP contribution in [0.2, 0.25) is 0 Å². The first kappa shape index (κ1) is 24.0. The van der Waals surface area contributed by atoms with Crippen molar-refractivity contribution in [2.24, 2.45) is 0 Å². The van der Waals surface area contributed by atoms with Gasteiger partial charge in [0.15, 0.2) is 0 Å². The highest BCUT2D eigenvalue weighted by atomic mass is 16.5. The first-order valence-corrected chi connectivity index (χ1v) is 11.6. The van der Waals surface area contributed by atoms with Gasteiger partial charge in [-0.3, -0.25) is 14.0 Å². The Bertz CT molecular complexity index is 1500. The molecule has 1 saturated heterocycles. The number of nitrogens with one attached hydrogen (secondary N) is 1. The highest BCUT2D eigenvalue weighted by Gasteiger charge is 2.36. The molecule has 190 valence electrons. The van der Waals surface area contributed by atoms with Crippen molar-refractivity contribution >= 4 is 29.3 Å². The Hall–Kier alpha value is -4.74. The quantitative estimate of drug-likeness (QED) is 0.386. The molecule has 12 heteroatoms. The first-order chi connectivity index (χ1) is 17.8. The van der Waals surface area contributed by atoms with Gasteiger partial charge in [-0.2, -0.15) is 4.98 Å². The second-order valence-corrected chi connectivity index (χ2v) is 8.81. The zero-order chi connectivity index (χ0) is 26.1. The molecular weight excluding hydrogens is 480 g/mol. The lowest BCUT2D eigenvalue weighted by molar-refractivity contribution is -0.136. The normalized spacial score (nSPS) is 13.4. The lowest BCUT2D eigenvalue weighted by Crippen LogP contribution is -2.48.